The van der Waals surface area contributed by atoms with E-state index in [0.717, 1.165) is 28.7 Å². The number of hydrogen-bond acceptors (Lipinski definition) is 2. The van der Waals surface area contributed by atoms with Gasteiger partial charge in [0.05, 0.1) is 22.9 Å². The van der Waals surface area contributed by atoms with Crippen LogP contribution in [0.4, 0.5) is 0 Å². The highest BCUT2D eigenvalue weighted by molar-refractivity contribution is 5.81. The largest absolute Gasteiger partial charge is 0.252 e. The van der Waals surface area contributed by atoms with E-state index in [9.17, 15) is 0 Å². The molecule has 0 N–H and O–H groups in total. The molecule has 1 aromatic heterocycles. The SMILES string of the molecule is Cc1cc(-c2cnc3cc(CC(C)(C)C)ccc3n2)cc(-c2c(C(C)C)cc(C(C)C)cc2C(C)C)c1. The van der Waals surface area contributed by atoms with Crippen LogP contribution in [0, 0.1) is 12.3 Å². The molecule has 3 aromatic carbocycles. The minimum absolute atomic E-state index is 0.246. The highest BCUT2D eigenvalue weighted by atomic mass is 14.8. The van der Waals surface area contributed by atoms with Gasteiger partial charge in [0.1, 0.15) is 0 Å². The minimum atomic E-state index is 0.246. The number of hydrogen-bond donors (Lipinski definition) is 0. The molecule has 0 amide bonds. The Morgan fingerprint density at radius 2 is 1.32 bits per heavy atom. The van der Waals surface area contributed by atoms with Crippen molar-refractivity contribution in [3.63, 3.8) is 0 Å². The van der Waals surface area contributed by atoms with Crippen LogP contribution in [0.25, 0.3) is 33.4 Å². The van der Waals surface area contributed by atoms with Crippen LogP contribution >= 0.6 is 0 Å². The molecule has 0 unspecified atom stereocenters. The third-order valence-corrected chi connectivity index (χ3v) is 7.14. The molecule has 37 heavy (non-hydrogen) atoms. The molecule has 2 heteroatoms. The number of rotatable bonds is 6. The molecule has 0 aliphatic heterocycles. The lowest BCUT2D eigenvalue weighted by Gasteiger charge is -2.24. The average molecular weight is 493 g/mol. The van der Waals surface area contributed by atoms with E-state index < -0.39 is 0 Å². The normalized spacial score (nSPS) is 12.4. The van der Waals surface area contributed by atoms with Crippen molar-refractivity contribution in [2.24, 2.45) is 5.41 Å². The number of fused-ring (bicyclic) bond motifs is 1. The van der Waals surface area contributed by atoms with Gasteiger partial charge in [0.25, 0.3) is 0 Å². The fraction of sp³-hybridized carbons (Fsp3) is 0.429. The van der Waals surface area contributed by atoms with Crippen LogP contribution in [0.1, 0.15) is 108 Å². The quantitative estimate of drug-likeness (QED) is 0.267. The van der Waals surface area contributed by atoms with Crippen molar-refractivity contribution in [1.82, 2.24) is 9.97 Å². The van der Waals surface area contributed by atoms with Gasteiger partial charge < -0.3 is 0 Å². The first-order chi connectivity index (χ1) is 17.3. The third-order valence-electron chi connectivity index (χ3n) is 7.14. The van der Waals surface area contributed by atoms with Gasteiger partial charge >= 0.3 is 0 Å². The Morgan fingerprint density at radius 3 is 1.89 bits per heavy atom. The molecule has 0 aliphatic rings. The number of aromatic nitrogens is 2. The van der Waals surface area contributed by atoms with Crippen molar-refractivity contribution in [3.05, 3.63) is 82.5 Å². The molecular weight excluding hydrogens is 448 g/mol. The summed E-state index contributed by atoms with van der Waals surface area (Å²) >= 11 is 0. The highest BCUT2D eigenvalue weighted by Gasteiger charge is 2.20. The van der Waals surface area contributed by atoms with E-state index in [1.165, 1.54) is 38.9 Å². The Labute approximate surface area is 224 Å². The first-order valence-electron chi connectivity index (χ1n) is 13.9. The van der Waals surface area contributed by atoms with Crippen LogP contribution in [-0.4, -0.2) is 9.97 Å². The fourth-order valence-corrected chi connectivity index (χ4v) is 5.28. The zero-order chi connectivity index (χ0) is 27.1. The van der Waals surface area contributed by atoms with Gasteiger partial charge in [-0.1, -0.05) is 86.6 Å². The summed E-state index contributed by atoms with van der Waals surface area (Å²) in [5, 5.41) is 0. The lowest BCUT2D eigenvalue weighted by molar-refractivity contribution is 0.411. The molecule has 0 spiro atoms. The number of nitrogens with zero attached hydrogens (tertiary/aromatic N) is 2. The van der Waals surface area contributed by atoms with Crippen LogP contribution in [0.2, 0.25) is 0 Å². The second-order valence-electron chi connectivity index (χ2n) is 12.9. The Bertz CT molecular complexity index is 1390. The molecule has 1 heterocycles. The molecule has 0 atom stereocenters. The summed E-state index contributed by atoms with van der Waals surface area (Å²) in [7, 11) is 0. The maximum absolute atomic E-state index is 5.05. The van der Waals surface area contributed by atoms with E-state index in [2.05, 4.69) is 118 Å². The highest BCUT2D eigenvalue weighted by Crippen LogP contribution is 2.40. The van der Waals surface area contributed by atoms with Gasteiger partial charge in [-0.05, 0) is 99.7 Å². The molecule has 0 saturated heterocycles. The van der Waals surface area contributed by atoms with Gasteiger partial charge in [0.2, 0.25) is 0 Å². The van der Waals surface area contributed by atoms with E-state index in [4.69, 9.17) is 9.97 Å². The first kappa shape index (κ1) is 27.0. The minimum Gasteiger partial charge on any atom is -0.252 e. The second-order valence-corrected chi connectivity index (χ2v) is 12.9. The Hall–Kier alpha value is -3.00. The van der Waals surface area contributed by atoms with Gasteiger partial charge in [-0.2, -0.15) is 0 Å². The zero-order valence-electron chi connectivity index (χ0n) is 24.5. The smallest absolute Gasteiger partial charge is 0.0894 e. The molecule has 0 radical (unpaired) electrons. The summed E-state index contributed by atoms with van der Waals surface area (Å²) in [6.07, 6.45) is 2.97. The van der Waals surface area contributed by atoms with E-state index in [-0.39, 0.29) is 5.41 Å². The van der Waals surface area contributed by atoms with Crippen molar-refractivity contribution >= 4 is 11.0 Å². The van der Waals surface area contributed by atoms with E-state index in [1.54, 1.807) is 0 Å². The monoisotopic (exact) mass is 492 g/mol. The van der Waals surface area contributed by atoms with Crippen LogP contribution in [0.5, 0.6) is 0 Å². The van der Waals surface area contributed by atoms with Crippen molar-refractivity contribution in [3.8, 4) is 22.4 Å². The van der Waals surface area contributed by atoms with Crippen molar-refractivity contribution < 1.29 is 0 Å². The predicted molar refractivity (Wildman–Crippen MR) is 161 cm³/mol. The summed E-state index contributed by atoms with van der Waals surface area (Å²) in [5.74, 6) is 1.39. The van der Waals surface area contributed by atoms with Crippen molar-refractivity contribution in [2.45, 2.75) is 93.4 Å². The average Bonchev–Trinajstić information content (AvgIpc) is 2.81. The summed E-state index contributed by atoms with van der Waals surface area (Å²) in [6, 6.07) is 18.3. The van der Waals surface area contributed by atoms with Crippen LogP contribution in [0.3, 0.4) is 0 Å². The third kappa shape index (κ3) is 6.12. The fourth-order valence-electron chi connectivity index (χ4n) is 5.28. The molecule has 2 nitrogen and oxygen atoms in total. The van der Waals surface area contributed by atoms with Gasteiger partial charge in [-0.25, -0.2) is 4.98 Å². The number of benzene rings is 3. The molecule has 0 saturated carbocycles. The zero-order valence-corrected chi connectivity index (χ0v) is 24.5. The Balaban J connectivity index is 1.85. The standard InChI is InChI=1S/C35H44N2/c1-21(2)26-17-29(22(3)4)34(30(18-26)23(5)6)28-14-24(7)13-27(16-28)33-20-36-32-15-25(19-35(8,9)10)11-12-31(32)37-33/h11-18,20-23H,19H2,1-10H3. The summed E-state index contributed by atoms with van der Waals surface area (Å²) in [5.41, 5.74) is 13.7. The van der Waals surface area contributed by atoms with Crippen LogP contribution < -0.4 is 0 Å². The molecule has 4 aromatic rings. The van der Waals surface area contributed by atoms with E-state index >= 15 is 0 Å². The molecule has 194 valence electrons. The first-order valence-corrected chi connectivity index (χ1v) is 13.9. The van der Waals surface area contributed by atoms with Crippen molar-refractivity contribution in [1.29, 1.82) is 0 Å². The van der Waals surface area contributed by atoms with E-state index in [0.29, 0.717) is 17.8 Å². The molecule has 0 aliphatic carbocycles. The van der Waals surface area contributed by atoms with Gasteiger partial charge in [0.15, 0.2) is 0 Å². The van der Waals surface area contributed by atoms with Gasteiger partial charge in [0, 0.05) is 5.56 Å². The summed E-state index contributed by atoms with van der Waals surface area (Å²) in [4.78, 5) is 9.89. The maximum atomic E-state index is 5.05. The van der Waals surface area contributed by atoms with Crippen LogP contribution in [0.15, 0.2) is 54.7 Å². The molecule has 0 bridgehead atoms. The lowest BCUT2D eigenvalue weighted by Crippen LogP contribution is -2.09. The maximum Gasteiger partial charge on any atom is 0.0894 e. The second kappa shape index (κ2) is 10.4. The topological polar surface area (TPSA) is 25.8 Å². The van der Waals surface area contributed by atoms with E-state index in [1.807, 2.05) is 6.20 Å². The van der Waals surface area contributed by atoms with Crippen LogP contribution in [-0.2, 0) is 6.42 Å². The lowest BCUT2D eigenvalue weighted by atomic mass is 9.81. The number of aryl methyl sites for hydroxylation is 1. The Kier molecular flexibility index (Phi) is 7.60. The summed E-state index contributed by atoms with van der Waals surface area (Å²) < 4.78 is 0. The Morgan fingerprint density at radius 1 is 0.703 bits per heavy atom. The molecular formula is C35H44N2. The summed E-state index contributed by atoms with van der Waals surface area (Å²) in [6.45, 7) is 22.8. The molecule has 4 rings (SSSR count). The predicted octanol–water partition coefficient (Wildman–Crippen LogP) is 10.2. The molecule has 0 fully saturated rings. The van der Waals surface area contributed by atoms with Crippen molar-refractivity contribution in [2.75, 3.05) is 0 Å². The van der Waals surface area contributed by atoms with Gasteiger partial charge in [-0.3, -0.25) is 4.98 Å². The van der Waals surface area contributed by atoms with Gasteiger partial charge in [-0.15, -0.1) is 0 Å².